The maximum Gasteiger partial charge on any atom is 0.416 e. The third-order valence-electron chi connectivity index (χ3n) is 3.59. The van der Waals surface area contributed by atoms with Crippen LogP contribution in [0.1, 0.15) is 43.9 Å². The van der Waals surface area contributed by atoms with Crippen molar-refractivity contribution in [3.05, 3.63) is 45.0 Å². The summed E-state index contributed by atoms with van der Waals surface area (Å²) in [6.07, 6.45) is 0.411. The van der Waals surface area contributed by atoms with Gasteiger partial charge < -0.3 is 4.42 Å². The molecule has 1 aromatic carbocycles. The number of benzene rings is 1. The molecule has 0 atom stereocenters. The zero-order valence-electron chi connectivity index (χ0n) is 12.6. The van der Waals surface area contributed by atoms with Gasteiger partial charge in [0.1, 0.15) is 5.76 Å². The summed E-state index contributed by atoms with van der Waals surface area (Å²) < 4.78 is 58.0. The molecule has 0 amide bonds. The van der Waals surface area contributed by atoms with Crippen LogP contribution in [0.5, 0.6) is 0 Å². The molecule has 0 spiro atoms. The van der Waals surface area contributed by atoms with Crippen LogP contribution < -0.4 is 0 Å². The van der Waals surface area contributed by atoms with E-state index in [0.717, 1.165) is 37.8 Å². The molecule has 2 aromatic rings. The Morgan fingerprint density at radius 3 is 2.26 bits per heavy atom. The number of furan rings is 1. The monoisotopic (exact) mass is 440 g/mol. The molecule has 0 saturated carbocycles. The molecule has 0 fully saturated rings. The van der Waals surface area contributed by atoms with Crippen LogP contribution >= 0.6 is 22.6 Å². The molecule has 6 heteroatoms. The Morgan fingerprint density at radius 1 is 1.04 bits per heavy atom. The molecule has 23 heavy (non-hydrogen) atoms. The Hall–Kier alpha value is -1.05. The first kappa shape index (κ1) is 18.3. The lowest BCUT2D eigenvalue weighted by Gasteiger charge is -2.06. The summed E-state index contributed by atoms with van der Waals surface area (Å²) in [5.41, 5.74) is -0.448. The molecule has 0 saturated heterocycles. The van der Waals surface area contributed by atoms with E-state index in [4.69, 9.17) is 4.42 Å². The standard InChI is InChI=1S/C17H17F4IO/c1-2-3-4-5-6-13-15(22)14(18)16(23-13)11-7-9-12(10-8-11)17(19,20)21/h7-10H,2-6H2,1H3. The van der Waals surface area contributed by atoms with Gasteiger partial charge in [0, 0.05) is 12.0 Å². The highest BCUT2D eigenvalue weighted by atomic mass is 127. The van der Waals surface area contributed by atoms with E-state index in [1.807, 2.05) is 22.6 Å². The van der Waals surface area contributed by atoms with Crippen LogP contribution in [0.2, 0.25) is 0 Å². The smallest absolute Gasteiger partial charge is 0.416 e. The van der Waals surface area contributed by atoms with Crippen LogP contribution in [0, 0.1) is 9.39 Å². The number of rotatable bonds is 6. The first-order valence-electron chi connectivity index (χ1n) is 7.49. The summed E-state index contributed by atoms with van der Waals surface area (Å²) >= 11 is 1.88. The Morgan fingerprint density at radius 2 is 1.70 bits per heavy atom. The number of alkyl halides is 3. The van der Waals surface area contributed by atoms with Gasteiger partial charge in [-0.15, -0.1) is 0 Å². The highest BCUT2D eigenvalue weighted by Gasteiger charge is 2.30. The molecule has 2 rings (SSSR count). The summed E-state index contributed by atoms with van der Waals surface area (Å²) in [6, 6.07) is 4.35. The zero-order valence-corrected chi connectivity index (χ0v) is 14.8. The molecule has 0 aliphatic heterocycles. The molecule has 0 aliphatic carbocycles. The van der Waals surface area contributed by atoms with Crippen molar-refractivity contribution in [3.63, 3.8) is 0 Å². The number of aryl methyl sites for hydroxylation is 1. The van der Waals surface area contributed by atoms with E-state index >= 15 is 0 Å². The van der Waals surface area contributed by atoms with E-state index in [2.05, 4.69) is 6.92 Å². The molecule has 1 aromatic heterocycles. The summed E-state index contributed by atoms with van der Waals surface area (Å²) in [5, 5.41) is 0. The Labute approximate surface area is 146 Å². The highest BCUT2D eigenvalue weighted by molar-refractivity contribution is 14.1. The minimum Gasteiger partial charge on any atom is -0.457 e. The fourth-order valence-electron chi connectivity index (χ4n) is 2.30. The maximum absolute atomic E-state index is 14.3. The molecular weight excluding hydrogens is 423 g/mol. The van der Waals surface area contributed by atoms with Gasteiger partial charge in [-0.2, -0.15) is 13.2 Å². The lowest BCUT2D eigenvalue weighted by Crippen LogP contribution is -2.03. The van der Waals surface area contributed by atoms with Crippen molar-refractivity contribution in [1.82, 2.24) is 0 Å². The zero-order chi connectivity index (χ0) is 17.0. The van der Waals surface area contributed by atoms with E-state index in [-0.39, 0.29) is 5.76 Å². The van der Waals surface area contributed by atoms with Crippen molar-refractivity contribution in [3.8, 4) is 11.3 Å². The van der Waals surface area contributed by atoms with Gasteiger partial charge >= 0.3 is 6.18 Å². The van der Waals surface area contributed by atoms with Crippen molar-refractivity contribution in [2.75, 3.05) is 0 Å². The summed E-state index contributed by atoms with van der Waals surface area (Å²) in [5.74, 6) is 0.0681. The van der Waals surface area contributed by atoms with Crippen LogP contribution in [-0.2, 0) is 12.6 Å². The predicted molar refractivity (Wildman–Crippen MR) is 89.7 cm³/mol. The minimum atomic E-state index is -4.40. The van der Waals surface area contributed by atoms with Gasteiger partial charge in [0.05, 0.1) is 9.13 Å². The largest absolute Gasteiger partial charge is 0.457 e. The Balaban J connectivity index is 2.20. The van der Waals surface area contributed by atoms with Crippen molar-refractivity contribution >= 4 is 22.6 Å². The molecule has 0 unspecified atom stereocenters. The van der Waals surface area contributed by atoms with Gasteiger partial charge in [0.25, 0.3) is 0 Å². The predicted octanol–water partition coefficient (Wildman–Crippen LogP) is 6.83. The molecule has 0 N–H and O–H groups in total. The second-order valence-electron chi connectivity index (χ2n) is 5.37. The van der Waals surface area contributed by atoms with Crippen molar-refractivity contribution in [1.29, 1.82) is 0 Å². The van der Waals surface area contributed by atoms with Crippen LogP contribution in [0.25, 0.3) is 11.3 Å². The van der Waals surface area contributed by atoms with Gasteiger partial charge in [0.2, 0.25) is 0 Å². The van der Waals surface area contributed by atoms with Crippen LogP contribution in [-0.4, -0.2) is 0 Å². The number of hydrogen-bond acceptors (Lipinski definition) is 1. The van der Waals surface area contributed by atoms with E-state index < -0.39 is 17.6 Å². The van der Waals surface area contributed by atoms with E-state index in [1.165, 1.54) is 12.1 Å². The van der Waals surface area contributed by atoms with Gasteiger partial charge in [-0.1, -0.05) is 38.3 Å². The number of unbranched alkanes of at least 4 members (excludes halogenated alkanes) is 3. The van der Waals surface area contributed by atoms with Crippen molar-refractivity contribution in [2.45, 2.75) is 45.2 Å². The summed E-state index contributed by atoms with van der Waals surface area (Å²) in [4.78, 5) is 0. The van der Waals surface area contributed by atoms with Crippen LogP contribution in [0.3, 0.4) is 0 Å². The van der Waals surface area contributed by atoms with Crippen LogP contribution in [0.4, 0.5) is 17.6 Å². The van der Waals surface area contributed by atoms with Gasteiger partial charge in [0.15, 0.2) is 11.6 Å². The molecule has 0 aliphatic rings. The first-order valence-corrected chi connectivity index (χ1v) is 8.56. The third kappa shape index (κ3) is 4.49. The molecular formula is C17H17F4IO. The van der Waals surface area contributed by atoms with Gasteiger partial charge in [-0.05, 0) is 41.1 Å². The topological polar surface area (TPSA) is 13.1 Å². The lowest BCUT2D eigenvalue weighted by molar-refractivity contribution is -0.137. The second kappa shape index (κ2) is 7.68. The summed E-state index contributed by atoms with van der Waals surface area (Å²) in [6.45, 7) is 2.11. The highest BCUT2D eigenvalue weighted by Crippen LogP contribution is 2.35. The normalized spacial score (nSPS) is 11.9. The Kier molecular flexibility index (Phi) is 6.11. The average molecular weight is 440 g/mol. The van der Waals surface area contributed by atoms with E-state index in [0.29, 0.717) is 21.3 Å². The lowest BCUT2D eigenvalue weighted by atomic mass is 10.1. The van der Waals surface area contributed by atoms with Crippen molar-refractivity contribution in [2.24, 2.45) is 0 Å². The first-order chi connectivity index (χ1) is 10.8. The second-order valence-corrected chi connectivity index (χ2v) is 6.45. The summed E-state index contributed by atoms with van der Waals surface area (Å²) in [7, 11) is 0. The van der Waals surface area contributed by atoms with Gasteiger partial charge in [-0.3, -0.25) is 0 Å². The fraction of sp³-hybridized carbons (Fsp3) is 0.412. The molecule has 0 bridgehead atoms. The van der Waals surface area contributed by atoms with E-state index in [9.17, 15) is 17.6 Å². The molecule has 1 heterocycles. The number of hydrogen-bond donors (Lipinski definition) is 0. The molecule has 126 valence electrons. The average Bonchev–Trinajstić information content (AvgIpc) is 2.79. The Bertz CT molecular complexity index is 644. The molecule has 0 radical (unpaired) electrons. The fourth-order valence-corrected chi connectivity index (χ4v) is 2.93. The SMILES string of the molecule is CCCCCCc1oc(-c2ccc(C(F)(F)F)cc2)c(F)c1I. The quantitative estimate of drug-likeness (QED) is 0.273. The molecule has 1 nitrogen and oxygen atoms in total. The van der Waals surface area contributed by atoms with E-state index in [1.54, 1.807) is 0 Å². The van der Waals surface area contributed by atoms with Gasteiger partial charge in [-0.25, -0.2) is 4.39 Å². The third-order valence-corrected chi connectivity index (χ3v) is 4.67. The van der Waals surface area contributed by atoms with Crippen molar-refractivity contribution < 1.29 is 22.0 Å². The maximum atomic E-state index is 14.3. The van der Waals surface area contributed by atoms with Crippen LogP contribution in [0.15, 0.2) is 28.7 Å². The number of halogens is 5. The minimum absolute atomic E-state index is 0.00798.